The lowest BCUT2D eigenvalue weighted by Gasteiger charge is -2.32. The van der Waals surface area contributed by atoms with Crippen LogP contribution in [0, 0.1) is 17.8 Å². The van der Waals surface area contributed by atoms with Crippen molar-refractivity contribution in [3.05, 3.63) is 29.3 Å². The molecule has 5 atom stereocenters. The molecule has 0 aliphatic heterocycles. The van der Waals surface area contributed by atoms with Crippen LogP contribution in [0.4, 0.5) is 0 Å². The zero-order valence-electron chi connectivity index (χ0n) is 19.0. The molecule has 1 saturated carbocycles. The molecule has 32 heavy (non-hydrogen) atoms. The summed E-state index contributed by atoms with van der Waals surface area (Å²) in [4.78, 5) is 22.5. The van der Waals surface area contributed by atoms with Crippen LogP contribution in [0.5, 0.6) is 5.75 Å². The summed E-state index contributed by atoms with van der Waals surface area (Å²) < 4.78 is 10.5. The van der Waals surface area contributed by atoms with E-state index in [0.29, 0.717) is 17.6 Å². The lowest BCUT2D eigenvalue weighted by Crippen LogP contribution is -2.28. The fourth-order valence-corrected chi connectivity index (χ4v) is 5.43. The van der Waals surface area contributed by atoms with Gasteiger partial charge in [0.15, 0.2) is 13.2 Å². The van der Waals surface area contributed by atoms with Crippen molar-refractivity contribution >= 4 is 11.9 Å². The van der Waals surface area contributed by atoms with E-state index in [1.807, 2.05) is 12.1 Å². The van der Waals surface area contributed by atoms with Gasteiger partial charge in [0.1, 0.15) is 5.75 Å². The third-order valence-electron chi connectivity index (χ3n) is 7.04. The maximum Gasteiger partial charge on any atom is 0.344 e. The van der Waals surface area contributed by atoms with Crippen LogP contribution in [0.25, 0.3) is 0 Å². The molecule has 2 aliphatic carbocycles. The van der Waals surface area contributed by atoms with E-state index in [0.717, 1.165) is 63.4 Å². The minimum Gasteiger partial charge on any atom is -0.482 e. The number of esters is 1. The molecule has 1 amide bonds. The van der Waals surface area contributed by atoms with Crippen LogP contribution < -0.4 is 10.5 Å². The molecular formula is C25H37NO6. The van der Waals surface area contributed by atoms with Gasteiger partial charge in [-0.25, -0.2) is 4.79 Å². The summed E-state index contributed by atoms with van der Waals surface area (Å²) in [6.45, 7) is 1.43. The molecule has 0 radical (unpaired) electrons. The highest BCUT2D eigenvalue weighted by Gasteiger charge is 2.44. The topological polar surface area (TPSA) is 119 Å². The van der Waals surface area contributed by atoms with E-state index >= 15 is 0 Å². The number of amides is 1. The van der Waals surface area contributed by atoms with Crippen LogP contribution in [-0.4, -0.2) is 47.5 Å². The molecular weight excluding hydrogens is 410 g/mol. The minimum atomic E-state index is -0.704. The minimum absolute atomic E-state index is 0.210. The zero-order chi connectivity index (χ0) is 23.1. The Bertz CT molecular complexity index is 782. The van der Waals surface area contributed by atoms with Crippen LogP contribution in [0.3, 0.4) is 0 Å². The second-order valence-corrected chi connectivity index (χ2v) is 9.34. The van der Waals surface area contributed by atoms with Crippen molar-refractivity contribution < 1.29 is 29.3 Å². The molecule has 1 aromatic rings. The maximum absolute atomic E-state index is 11.8. The molecule has 3 rings (SSSR count). The number of aliphatic hydroxyl groups is 2. The monoisotopic (exact) mass is 447 g/mol. The van der Waals surface area contributed by atoms with Crippen molar-refractivity contribution in [2.24, 2.45) is 23.5 Å². The van der Waals surface area contributed by atoms with Crippen molar-refractivity contribution in [3.63, 3.8) is 0 Å². The summed E-state index contributed by atoms with van der Waals surface area (Å²) in [5.74, 6) is 0.291. The largest absolute Gasteiger partial charge is 0.482 e. The Kier molecular flexibility index (Phi) is 8.93. The van der Waals surface area contributed by atoms with Crippen molar-refractivity contribution in [2.75, 3.05) is 13.2 Å². The molecule has 0 aromatic heterocycles. The van der Waals surface area contributed by atoms with Crippen LogP contribution in [0.1, 0.15) is 63.0 Å². The van der Waals surface area contributed by atoms with Gasteiger partial charge in [-0.3, -0.25) is 4.79 Å². The zero-order valence-corrected chi connectivity index (χ0v) is 19.0. The smallest absolute Gasteiger partial charge is 0.344 e. The van der Waals surface area contributed by atoms with Gasteiger partial charge in [0.05, 0.1) is 12.2 Å². The summed E-state index contributed by atoms with van der Waals surface area (Å²) in [7, 11) is 0. The summed E-state index contributed by atoms with van der Waals surface area (Å²) in [5.41, 5.74) is 7.26. The van der Waals surface area contributed by atoms with Gasteiger partial charge in [0.2, 0.25) is 0 Å². The van der Waals surface area contributed by atoms with E-state index in [2.05, 4.69) is 13.0 Å². The number of carbonyl (C=O) groups excluding carboxylic acids is 2. The average molecular weight is 448 g/mol. The fraction of sp³-hybridized carbons (Fsp3) is 0.680. The van der Waals surface area contributed by atoms with E-state index in [4.69, 9.17) is 15.2 Å². The molecule has 0 bridgehead atoms. The molecule has 1 fully saturated rings. The lowest BCUT2D eigenvalue weighted by atomic mass is 9.73. The number of primary amides is 1. The molecule has 7 nitrogen and oxygen atoms in total. The molecule has 2 unspecified atom stereocenters. The number of rotatable bonds is 12. The lowest BCUT2D eigenvalue weighted by molar-refractivity contribution is -0.149. The number of carbonyl (C=O) groups is 2. The molecule has 4 N–H and O–H groups in total. The Hall–Kier alpha value is -2.12. The molecule has 0 heterocycles. The van der Waals surface area contributed by atoms with Gasteiger partial charge in [0.25, 0.3) is 5.91 Å². The Labute approximate surface area is 190 Å². The first-order valence-electron chi connectivity index (χ1n) is 11.9. The van der Waals surface area contributed by atoms with Crippen molar-refractivity contribution in [2.45, 2.75) is 76.9 Å². The highest BCUT2D eigenvalue weighted by atomic mass is 16.6. The Morgan fingerprint density at radius 3 is 2.75 bits per heavy atom. The number of ether oxygens (including phenoxy) is 2. The first-order valence-corrected chi connectivity index (χ1v) is 11.9. The average Bonchev–Trinajstić information content (AvgIpc) is 3.07. The Balaban J connectivity index is 1.58. The molecule has 1 aromatic carbocycles. The Morgan fingerprint density at radius 2 is 2.00 bits per heavy atom. The van der Waals surface area contributed by atoms with E-state index in [1.165, 1.54) is 5.56 Å². The van der Waals surface area contributed by atoms with Gasteiger partial charge in [0, 0.05) is 0 Å². The first kappa shape index (κ1) is 24.5. The summed E-state index contributed by atoms with van der Waals surface area (Å²) in [6.07, 6.45) is 7.62. The van der Waals surface area contributed by atoms with E-state index < -0.39 is 18.5 Å². The Morgan fingerprint density at radius 1 is 1.19 bits per heavy atom. The molecule has 0 saturated heterocycles. The summed E-state index contributed by atoms with van der Waals surface area (Å²) in [6, 6.07) is 5.85. The number of nitrogens with two attached hydrogens (primary N) is 1. The molecule has 2 aliphatic rings. The predicted octanol–water partition coefficient (Wildman–Crippen LogP) is 2.53. The number of fused-ring (bicyclic) bond motifs is 2. The van der Waals surface area contributed by atoms with Crippen LogP contribution in [0.2, 0.25) is 0 Å². The van der Waals surface area contributed by atoms with Gasteiger partial charge < -0.3 is 25.4 Å². The number of aliphatic hydroxyl groups excluding tert-OH is 2. The number of hydrogen-bond acceptors (Lipinski definition) is 6. The van der Waals surface area contributed by atoms with Crippen LogP contribution in [-0.2, 0) is 27.2 Å². The molecule has 0 spiro atoms. The van der Waals surface area contributed by atoms with Crippen molar-refractivity contribution in [3.8, 4) is 5.75 Å². The first-order chi connectivity index (χ1) is 15.4. The van der Waals surface area contributed by atoms with Crippen molar-refractivity contribution in [1.29, 1.82) is 0 Å². The number of unbranched alkanes of at least 4 members (excludes halogenated alkanes) is 2. The van der Waals surface area contributed by atoms with E-state index in [-0.39, 0.29) is 24.7 Å². The number of benzene rings is 1. The quantitative estimate of drug-likeness (QED) is 0.335. The van der Waals surface area contributed by atoms with E-state index in [1.54, 1.807) is 0 Å². The van der Waals surface area contributed by atoms with Gasteiger partial charge in [-0.2, -0.15) is 0 Å². The third kappa shape index (κ3) is 6.45. The predicted molar refractivity (Wildman–Crippen MR) is 120 cm³/mol. The van der Waals surface area contributed by atoms with E-state index in [9.17, 15) is 19.8 Å². The third-order valence-corrected chi connectivity index (χ3v) is 7.04. The fourth-order valence-electron chi connectivity index (χ4n) is 5.43. The standard InChI is InChI=1S/C25H37NO6/c1-2-3-4-7-18(27)9-10-19-20-11-16-6-5-8-23(21(16)12-17(20)13-22(19)28)31-15-25(30)32-14-24(26)29/h5-6,8,17-20,22,27-28H,2-4,7,9-15H2,1H3,(H2,26,29)/t17?,18-,19-,20?,22-/m1/s1. The number of hydrogen-bond donors (Lipinski definition) is 3. The van der Waals surface area contributed by atoms with Crippen LogP contribution >= 0.6 is 0 Å². The second-order valence-electron chi connectivity index (χ2n) is 9.34. The maximum atomic E-state index is 11.8. The highest BCUT2D eigenvalue weighted by molar-refractivity contribution is 5.79. The second kappa shape index (κ2) is 11.7. The van der Waals surface area contributed by atoms with Gasteiger partial charge in [-0.1, -0.05) is 38.3 Å². The van der Waals surface area contributed by atoms with Gasteiger partial charge in [-0.15, -0.1) is 0 Å². The SMILES string of the molecule is CCCCC[C@@H](O)CC[C@@H]1C2Cc3cccc(OCC(=O)OCC(N)=O)c3CC2C[C@H]1O. The van der Waals surface area contributed by atoms with Gasteiger partial charge >= 0.3 is 5.97 Å². The highest BCUT2D eigenvalue weighted by Crippen LogP contribution is 2.48. The summed E-state index contributed by atoms with van der Waals surface area (Å²) >= 11 is 0. The summed E-state index contributed by atoms with van der Waals surface area (Å²) in [5, 5.41) is 21.1. The van der Waals surface area contributed by atoms with Gasteiger partial charge in [-0.05, 0) is 73.5 Å². The van der Waals surface area contributed by atoms with Crippen molar-refractivity contribution in [1.82, 2.24) is 0 Å². The van der Waals surface area contributed by atoms with Crippen LogP contribution in [0.15, 0.2) is 18.2 Å². The molecule has 7 heteroatoms. The normalized spacial score (nSPS) is 25.0. The molecule has 178 valence electrons.